The van der Waals surface area contributed by atoms with Crippen molar-refractivity contribution in [1.82, 2.24) is 4.90 Å². The molecule has 0 aromatic carbocycles. The van der Waals surface area contributed by atoms with Crippen LogP contribution in [0.3, 0.4) is 0 Å². The molecule has 0 aliphatic rings. The topological polar surface area (TPSA) is 55.6 Å². The van der Waals surface area contributed by atoms with Gasteiger partial charge in [0.05, 0.1) is 10.9 Å². The molecule has 1 unspecified atom stereocenters. The third-order valence-corrected chi connectivity index (χ3v) is 3.63. The molecule has 0 saturated heterocycles. The van der Waals surface area contributed by atoms with Crippen LogP contribution in [0.15, 0.2) is 24.8 Å². The molecule has 1 aromatic rings. The van der Waals surface area contributed by atoms with E-state index in [1.165, 1.54) is 18.4 Å². The van der Waals surface area contributed by atoms with E-state index >= 15 is 0 Å². The fourth-order valence-corrected chi connectivity index (χ4v) is 2.62. The molecule has 0 saturated carbocycles. The minimum absolute atomic E-state index is 0. The number of halogens is 2. The van der Waals surface area contributed by atoms with Crippen molar-refractivity contribution in [3.8, 4) is 0 Å². The third-order valence-electron chi connectivity index (χ3n) is 2.41. The van der Waals surface area contributed by atoms with Crippen LogP contribution < -0.4 is 5.73 Å². The molecule has 0 aliphatic carbocycles. The standard InChI is InChI=1S/C12H17ClN2O2S.ClH/c1-3-6-15(12(16)10(7-14)17-2)8-9-4-5-11(13)18-9;/h3-5,10H,1,6-8,14H2,2H3;1H. The second-order valence-corrected chi connectivity index (χ2v) is 5.47. The highest BCUT2D eigenvalue weighted by atomic mass is 35.5. The molecule has 19 heavy (non-hydrogen) atoms. The zero-order valence-electron chi connectivity index (χ0n) is 10.7. The van der Waals surface area contributed by atoms with E-state index in [4.69, 9.17) is 22.1 Å². The average molecular weight is 325 g/mol. The van der Waals surface area contributed by atoms with Crippen molar-refractivity contribution in [2.24, 2.45) is 5.73 Å². The van der Waals surface area contributed by atoms with Crippen LogP contribution in [0.2, 0.25) is 4.34 Å². The third kappa shape index (κ3) is 5.50. The van der Waals surface area contributed by atoms with Gasteiger partial charge in [0.25, 0.3) is 5.91 Å². The van der Waals surface area contributed by atoms with Crippen LogP contribution in [0.1, 0.15) is 4.88 Å². The maximum atomic E-state index is 12.2. The lowest BCUT2D eigenvalue weighted by Crippen LogP contribution is -2.43. The number of methoxy groups -OCH3 is 1. The molecule has 0 bridgehead atoms. The highest BCUT2D eigenvalue weighted by molar-refractivity contribution is 7.16. The van der Waals surface area contributed by atoms with Crippen LogP contribution in [0.5, 0.6) is 0 Å². The van der Waals surface area contributed by atoms with Gasteiger partial charge in [-0.05, 0) is 12.1 Å². The van der Waals surface area contributed by atoms with E-state index < -0.39 is 6.10 Å². The molecule has 1 atom stereocenters. The van der Waals surface area contributed by atoms with Crippen molar-refractivity contribution in [1.29, 1.82) is 0 Å². The van der Waals surface area contributed by atoms with Crippen LogP contribution in [0.4, 0.5) is 0 Å². The van der Waals surface area contributed by atoms with E-state index in [1.54, 1.807) is 11.0 Å². The van der Waals surface area contributed by atoms with Gasteiger partial charge in [0.2, 0.25) is 0 Å². The number of amides is 1. The highest BCUT2D eigenvalue weighted by Gasteiger charge is 2.22. The zero-order valence-corrected chi connectivity index (χ0v) is 13.1. The maximum absolute atomic E-state index is 12.2. The lowest BCUT2D eigenvalue weighted by atomic mass is 10.3. The van der Waals surface area contributed by atoms with Crippen LogP contribution in [0.25, 0.3) is 0 Å². The molecule has 108 valence electrons. The molecule has 1 rings (SSSR count). The molecule has 1 heterocycles. The lowest BCUT2D eigenvalue weighted by Gasteiger charge is -2.24. The lowest BCUT2D eigenvalue weighted by molar-refractivity contribution is -0.141. The minimum Gasteiger partial charge on any atom is -0.370 e. The highest BCUT2D eigenvalue weighted by Crippen LogP contribution is 2.23. The summed E-state index contributed by atoms with van der Waals surface area (Å²) in [6, 6.07) is 3.72. The number of thiophene rings is 1. The monoisotopic (exact) mass is 324 g/mol. The van der Waals surface area contributed by atoms with Gasteiger partial charge in [0.1, 0.15) is 6.10 Å². The predicted molar refractivity (Wildman–Crippen MR) is 82.0 cm³/mol. The smallest absolute Gasteiger partial charge is 0.253 e. The second kappa shape index (κ2) is 9.34. The van der Waals surface area contributed by atoms with Gasteiger partial charge < -0.3 is 15.4 Å². The first kappa shape index (κ1) is 18.4. The molecule has 2 N–H and O–H groups in total. The quantitative estimate of drug-likeness (QED) is 0.783. The van der Waals surface area contributed by atoms with Crippen LogP contribution in [0, 0.1) is 0 Å². The Morgan fingerprint density at radius 1 is 1.68 bits per heavy atom. The van der Waals surface area contributed by atoms with Gasteiger partial charge in [-0.15, -0.1) is 30.3 Å². The summed E-state index contributed by atoms with van der Waals surface area (Å²) < 4.78 is 5.76. The van der Waals surface area contributed by atoms with E-state index in [9.17, 15) is 4.79 Å². The Morgan fingerprint density at radius 3 is 2.79 bits per heavy atom. The molecular formula is C12H18Cl2N2O2S. The van der Waals surface area contributed by atoms with Gasteiger partial charge in [0, 0.05) is 25.1 Å². The predicted octanol–water partition coefficient (Wildman–Crippen LogP) is 2.31. The summed E-state index contributed by atoms with van der Waals surface area (Å²) in [5.41, 5.74) is 5.50. The van der Waals surface area contributed by atoms with Gasteiger partial charge in [-0.25, -0.2) is 0 Å². The summed E-state index contributed by atoms with van der Waals surface area (Å²) in [6.45, 7) is 4.75. The molecule has 0 radical (unpaired) electrons. The summed E-state index contributed by atoms with van der Waals surface area (Å²) in [6.07, 6.45) is 1.07. The summed E-state index contributed by atoms with van der Waals surface area (Å²) >= 11 is 7.32. The molecule has 4 nitrogen and oxygen atoms in total. The largest absolute Gasteiger partial charge is 0.370 e. The van der Waals surface area contributed by atoms with Crippen LogP contribution >= 0.6 is 35.3 Å². The van der Waals surface area contributed by atoms with Crippen molar-refractivity contribution in [2.45, 2.75) is 12.6 Å². The number of hydrogen-bond donors (Lipinski definition) is 1. The van der Waals surface area contributed by atoms with Gasteiger partial charge in [-0.1, -0.05) is 17.7 Å². The van der Waals surface area contributed by atoms with Gasteiger partial charge in [0.15, 0.2) is 0 Å². The number of nitrogens with zero attached hydrogens (tertiary/aromatic N) is 1. The Hall–Kier alpha value is -0.590. The number of carbonyl (C=O) groups is 1. The average Bonchev–Trinajstić information content (AvgIpc) is 2.75. The van der Waals surface area contributed by atoms with E-state index in [0.29, 0.717) is 17.4 Å². The first-order chi connectivity index (χ1) is 8.62. The van der Waals surface area contributed by atoms with E-state index in [1.807, 2.05) is 12.1 Å². The number of ether oxygens (including phenoxy) is 1. The van der Waals surface area contributed by atoms with Gasteiger partial charge in [-0.2, -0.15) is 0 Å². The zero-order chi connectivity index (χ0) is 13.5. The fraction of sp³-hybridized carbons (Fsp3) is 0.417. The van der Waals surface area contributed by atoms with E-state index in [-0.39, 0.29) is 24.9 Å². The normalized spacial score (nSPS) is 11.5. The second-order valence-electron chi connectivity index (χ2n) is 3.67. The number of hydrogen-bond acceptors (Lipinski definition) is 4. The number of nitrogens with two attached hydrogens (primary N) is 1. The molecule has 0 spiro atoms. The Bertz CT molecular complexity index is 408. The van der Waals surface area contributed by atoms with E-state index in [0.717, 1.165) is 4.88 Å². The van der Waals surface area contributed by atoms with E-state index in [2.05, 4.69) is 6.58 Å². The summed E-state index contributed by atoms with van der Waals surface area (Å²) in [4.78, 5) is 14.8. The SMILES string of the molecule is C=CCN(Cc1ccc(Cl)s1)C(=O)C(CN)OC.Cl. The summed E-state index contributed by atoms with van der Waals surface area (Å²) in [5.74, 6) is -0.135. The van der Waals surface area contributed by atoms with Crippen molar-refractivity contribution >= 4 is 41.3 Å². The number of rotatable bonds is 7. The summed E-state index contributed by atoms with van der Waals surface area (Å²) in [5, 5.41) is 0. The van der Waals surface area contributed by atoms with Gasteiger partial charge in [-0.3, -0.25) is 4.79 Å². The van der Waals surface area contributed by atoms with Crippen molar-refractivity contribution in [3.05, 3.63) is 34.0 Å². The maximum Gasteiger partial charge on any atom is 0.253 e. The van der Waals surface area contributed by atoms with Crippen LogP contribution in [-0.4, -0.2) is 37.1 Å². The van der Waals surface area contributed by atoms with Crippen molar-refractivity contribution in [3.63, 3.8) is 0 Å². The Labute approximate surface area is 128 Å². The van der Waals surface area contributed by atoms with Crippen molar-refractivity contribution in [2.75, 3.05) is 20.2 Å². The summed E-state index contributed by atoms with van der Waals surface area (Å²) in [7, 11) is 1.48. The Morgan fingerprint density at radius 2 is 2.37 bits per heavy atom. The minimum atomic E-state index is -0.611. The fourth-order valence-electron chi connectivity index (χ4n) is 1.51. The molecule has 0 aliphatic heterocycles. The van der Waals surface area contributed by atoms with Crippen LogP contribution in [-0.2, 0) is 16.1 Å². The van der Waals surface area contributed by atoms with Crippen molar-refractivity contribution < 1.29 is 9.53 Å². The molecule has 0 fully saturated rings. The Kier molecular flexibility index (Phi) is 9.05. The first-order valence-electron chi connectivity index (χ1n) is 5.49. The molecule has 7 heteroatoms. The van der Waals surface area contributed by atoms with Gasteiger partial charge >= 0.3 is 0 Å². The molecule has 1 aromatic heterocycles. The number of carbonyl (C=O) groups excluding carboxylic acids is 1. The first-order valence-corrected chi connectivity index (χ1v) is 6.68. The Balaban J connectivity index is 0.00000324. The molecule has 1 amide bonds. The molecular weight excluding hydrogens is 307 g/mol.